The minimum absolute atomic E-state index is 0.153. The van der Waals surface area contributed by atoms with Gasteiger partial charge >= 0.3 is 0 Å². The summed E-state index contributed by atoms with van der Waals surface area (Å²) in [6.07, 6.45) is 1.20. The van der Waals surface area contributed by atoms with E-state index in [9.17, 15) is 9.18 Å². The Labute approximate surface area is 80.9 Å². The Balaban J connectivity index is 3.27. The molecule has 0 aliphatic heterocycles. The first-order chi connectivity index (χ1) is 5.13. The van der Waals surface area contributed by atoms with E-state index in [2.05, 4.69) is 4.98 Å². The van der Waals surface area contributed by atoms with Crippen LogP contribution in [0.25, 0.3) is 0 Å². The summed E-state index contributed by atoms with van der Waals surface area (Å²) in [6.45, 7) is 0. The van der Waals surface area contributed by atoms with Crippen molar-refractivity contribution in [2.24, 2.45) is 0 Å². The van der Waals surface area contributed by atoms with Crippen LogP contribution in [-0.2, 0) is 0 Å². The van der Waals surface area contributed by atoms with Crippen molar-refractivity contribution >= 4 is 39.4 Å². The zero-order valence-corrected chi connectivity index (χ0v) is 8.06. The zero-order valence-electron chi connectivity index (χ0n) is 5.14. The molecule has 2 nitrogen and oxygen atoms in total. The molecule has 0 saturated carbocycles. The van der Waals surface area contributed by atoms with Crippen molar-refractivity contribution < 1.29 is 9.18 Å². The Hall–Kier alpha value is -0.230. The van der Waals surface area contributed by atoms with Crippen molar-refractivity contribution in [2.75, 3.05) is 0 Å². The highest BCUT2D eigenvalue weighted by molar-refractivity contribution is 14.1. The molecule has 0 amide bonds. The van der Waals surface area contributed by atoms with Crippen LogP contribution in [0.4, 0.5) is 4.39 Å². The quantitative estimate of drug-likeness (QED) is 0.450. The lowest BCUT2D eigenvalue weighted by atomic mass is 10.3. The van der Waals surface area contributed by atoms with Gasteiger partial charge in [0.25, 0.3) is 5.24 Å². The van der Waals surface area contributed by atoms with E-state index >= 15 is 0 Å². The predicted molar refractivity (Wildman–Crippen MR) is 47.1 cm³/mol. The highest BCUT2D eigenvalue weighted by atomic mass is 127. The number of carbonyl (C=O) groups excluding carboxylic acids is 1. The Morgan fingerprint density at radius 2 is 2.36 bits per heavy atom. The fourth-order valence-electron chi connectivity index (χ4n) is 0.570. The molecule has 1 aromatic heterocycles. The van der Waals surface area contributed by atoms with E-state index in [0.717, 1.165) is 0 Å². The van der Waals surface area contributed by atoms with Crippen LogP contribution in [0.15, 0.2) is 12.3 Å². The molecule has 0 aliphatic carbocycles. The van der Waals surface area contributed by atoms with Crippen molar-refractivity contribution in [3.63, 3.8) is 0 Å². The fourth-order valence-corrected chi connectivity index (χ4v) is 1.45. The molecule has 0 bridgehead atoms. The molecular weight excluding hydrogens is 283 g/mol. The van der Waals surface area contributed by atoms with Gasteiger partial charge in [0, 0.05) is 6.20 Å². The van der Waals surface area contributed by atoms with Gasteiger partial charge in [-0.1, -0.05) is 0 Å². The van der Waals surface area contributed by atoms with Crippen LogP contribution in [0, 0.1) is 9.52 Å². The molecule has 1 rings (SSSR count). The fraction of sp³-hybridized carbons (Fsp3) is 0. The Bertz CT molecular complexity index is 305. The lowest BCUT2D eigenvalue weighted by molar-refractivity contribution is 0.108. The van der Waals surface area contributed by atoms with Gasteiger partial charge in [0.2, 0.25) is 5.95 Å². The van der Waals surface area contributed by atoms with Crippen LogP contribution in [0.3, 0.4) is 0 Å². The number of pyridine rings is 1. The van der Waals surface area contributed by atoms with Crippen LogP contribution in [0.2, 0.25) is 0 Å². The molecule has 0 radical (unpaired) electrons. The molecule has 0 spiro atoms. The molecular formula is C6H2ClFINO. The van der Waals surface area contributed by atoms with Gasteiger partial charge in [0.1, 0.15) is 0 Å². The summed E-state index contributed by atoms with van der Waals surface area (Å²) in [4.78, 5) is 13.9. The zero-order chi connectivity index (χ0) is 8.43. The second-order valence-corrected chi connectivity index (χ2v) is 3.16. The second kappa shape index (κ2) is 3.44. The van der Waals surface area contributed by atoms with E-state index in [0.29, 0.717) is 0 Å². The number of nitrogens with zero attached hydrogens (tertiary/aromatic N) is 1. The summed E-state index contributed by atoms with van der Waals surface area (Å²) in [5.41, 5.74) is 0.153. The maximum atomic E-state index is 12.6. The molecule has 0 fully saturated rings. The minimum Gasteiger partial charge on any atom is -0.276 e. The van der Waals surface area contributed by atoms with Crippen molar-refractivity contribution in [2.45, 2.75) is 0 Å². The van der Waals surface area contributed by atoms with Gasteiger partial charge in [-0.3, -0.25) is 4.79 Å². The van der Waals surface area contributed by atoms with Crippen molar-refractivity contribution in [1.82, 2.24) is 4.98 Å². The first-order valence-corrected chi connectivity index (χ1v) is 4.08. The molecule has 0 unspecified atom stereocenters. The normalized spacial score (nSPS) is 9.73. The van der Waals surface area contributed by atoms with E-state index in [1.165, 1.54) is 12.3 Å². The number of hydrogen-bond donors (Lipinski definition) is 0. The van der Waals surface area contributed by atoms with Crippen LogP contribution in [0.1, 0.15) is 10.4 Å². The summed E-state index contributed by atoms with van der Waals surface area (Å²) >= 11 is 6.82. The van der Waals surface area contributed by atoms with Crippen molar-refractivity contribution in [1.29, 1.82) is 0 Å². The van der Waals surface area contributed by atoms with E-state index in [-0.39, 0.29) is 9.13 Å². The largest absolute Gasteiger partial charge is 0.276 e. The SMILES string of the molecule is O=C(Cl)c1ccnc(F)c1I. The van der Waals surface area contributed by atoms with Gasteiger partial charge in [0.15, 0.2) is 0 Å². The number of carbonyl (C=O) groups is 1. The molecule has 58 valence electrons. The predicted octanol–water partition coefficient (Wildman–Crippen LogP) is 2.20. The topological polar surface area (TPSA) is 30.0 Å². The molecule has 1 heterocycles. The van der Waals surface area contributed by atoms with Crippen LogP contribution in [0.5, 0.6) is 0 Å². The average molecular weight is 285 g/mol. The maximum absolute atomic E-state index is 12.6. The first-order valence-electron chi connectivity index (χ1n) is 2.62. The summed E-state index contributed by atoms with van der Waals surface area (Å²) in [7, 11) is 0. The number of halogens is 3. The third kappa shape index (κ3) is 1.87. The van der Waals surface area contributed by atoms with Gasteiger partial charge in [-0.2, -0.15) is 4.39 Å². The van der Waals surface area contributed by atoms with E-state index in [1.807, 2.05) is 0 Å². The Kier molecular flexibility index (Phi) is 2.78. The summed E-state index contributed by atoms with van der Waals surface area (Å²) in [5, 5.41) is -0.671. The molecule has 0 aliphatic rings. The standard InChI is InChI=1S/C6H2ClFINO/c7-5(11)3-1-2-10-6(8)4(3)9/h1-2H. The molecule has 1 aromatic rings. The second-order valence-electron chi connectivity index (χ2n) is 1.74. The summed E-state index contributed by atoms with van der Waals surface area (Å²) < 4.78 is 12.8. The number of rotatable bonds is 1. The third-order valence-corrected chi connectivity index (χ3v) is 2.29. The average Bonchev–Trinajstić information content (AvgIpc) is 1.94. The monoisotopic (exact) mass is 285 g/mol. The Morgan fingerprint density at radius 1 is 1.73 bits per heavy atom. The molecule has 11 heavy (non-hydrogen) atoms. The summed E-state index contributed by atoms with van der Waals surface area (Å²) in [5.74, 6) is -0.669. The van der Waals surface area contributed by atoms with Gasteiger partial charge in [-0.05, 0) is 40.3 Å². The smallest absolute Gasteiger partial charge is 0.253 e. The third-order valence-electron chi connectivity index (χ3n) is 1.06. The maximum Gasteiger partial charge on any atom is 0.253 e. The van der Waals surface area contributed by atoms with Crippen molar-refractivity contribution in [3.05, 3.63) is 27.3 Å². The van der Waals surface area contributed by atoms with Gasteiger partial charge < -0.3 is 0 Å². The van der Waals surface area contributed by atoms with Crippen molar-refractivity contribution in [3.8, 4) is 0 Å². The van der Waals surface area contributed by atoms with E-state index in [4.69, 9.17) is 11.6 Å². The van der Waals surface area contributed by atoms with E-state index in [1.54, 1.807) is 22.6 Å². The molecule has 5 heteroatoms. The van der Waals surface area contributed by atoms with E-state index < -0.39 is 11.2 Å². The minimum atomic E-state index is -0.671. The van der Waals surface area contributed by atoms with Gasteiger partial charge in [-0.25, -0.2) is 4.98 Å². The molecule has 0 saturated heterocycles. The summed E-state index contributed by atoms with van der Waals surface area (Å²) in [6, 6.07) is 1.38. The molecule has 0 aromatic carbocycles. The van der Waals surface area contributed by atoms with Gasteiger partial charge in [-0.15, -0.1) is 0 Å². The molecule has 0 atom stereocenters. The lowest BCUT2D eigenvalue weighted by Gasteiger charge is -1.96. The number of aromatic nitrogens is 1. The Morgan fingerprint density at radius 3 is 2.82 bits per heavy atom. The first kappa shape index (κ1) is 8.86. The highest BCUT2D eigenvalue weighted by Gasteiger charge is 2.10. The number of hydrogen-bond acceptors (Lipinski definition) is 2. The van der Waals surface area contributed by atoms with Crippen LogP contribution < -0.4 is 0 Å². The highest BCUT2D eigenvalue weighted by Crippen LogP contribution is 2.15. The van der Waals surface area contributed by atoms with Crippen LogP contribution >= 0.6 is 34.2 Å². The lowest BCUT2D eigenvalue weighted by Crippen LogP contribution is -1.97. The van der Waals surface area contributed by atoms with Gasteiger partial charge in [0.05, 0.1) is 9.13 Å². The molecule has 0 N–H and O–H groups in total. The van der Waals surface area contributed by atoms with Crippen LogP contribution in [-0.4, -0.2) is 10.2 Å².